The zero-order valence-electron chi connectivity index (χ0n) is 6.81. The number of rotatable bonds is 3. The highest BCUT2D eigenvalue weighted by Gasteiger charge is 2.12. The monoisotopic (exact) mass is 130 g/mol. The minimum Gasteiger partial charge on any atom is -0.328 e. The SMILES string of the molecule is CN[C@H](C)[C@H](C)[C@H](C)N. The van der Waals surface area contributed by atoms with Gasteiger partial charge in [-0.2, -0.15) is 0 Å². The molecule has 0 fully saturated rings. The molecular formula is C7H18N2. The number of nitrogens with two attached hydrogens (primary N) is 1. The predicted molar refractivity (Wildman–Crippen MR) is 41.3 cm³/mol. The van der Waals surface area contributed by atoms with Crippen LogP contribution in [0.4, 0.5) is 0 Å². The lowest BCUT2D eigenvalue weighted by Crippen LogP contribution is -2.38. The topological polar surface area (TPSA) is 38.0 Å². The van der Waals surface area contributed by atoms with Crippen molar-refractivity contribution in [1.29, 1.82) is 0 Å². The summed E-state index contributed by atoms with van der Waals surface area (Å²) >= 11 is 0. The number of nitrogens with one attached hydrogen (secondary N) is 1. The van der Waals surface area contributed by atoms with Crippen LogP contribution in [0.1, 0.15) is 20.8 Å². The lowest BCUT2D eigenvalue weighted by molar-refractivity contribution is 0.373. The second kappa shape index (κ2) is 3.85. The van der Waals surface area contributed by atoms with Gasteiger partial charge >= 0.3 is 0 Å². The molecule has 0 heterocycles. The highest BCUT2D eigenvalue weighted by molar-refractivity contribution is 4.73. The predicted octanol–water partition coefficient (Wildman–Crippen LogP) is 0.578. The molecule has 0 aliphatic rings. The average molecular weight is 130 g/mol. The van der Waals surface area contributed by atoms with E-state index in [1.165, 1.54) is 0 Å². The summed E-state index contributed by atoms with van der Waals surface area (Å²) in [5, 5.41) is 3.17. The van der Waals surface area contributed by atoms with Crippen LogP contribution >= 0.6 is 0 Å². The molecule has 2 nitrogen and oxygen atoms in total. The van der Waals surface area contributed by atoms with Gasteiger partial charge in [-0.1, -0.05) is 6.92 Å². The summed E-state index contributed by atoms with van der Waals surface area (Å²) in [4.78, 5) is 0. The maximum atomic E-state index is 5.67. The standard InChI is InChI=1S/C7H18N2/c1-5(6(2)8)7(3)9-4/h5-7,9H,8H2,1-4H3/t5-,6+,7-/m1/s1. The van der Waals surface area contributed by atoms with Gasteiger partial charge in [0.2, 0.25) is 0 Å². The largest absolute Gasteiger partial charge is 0.328 e. The summed E-state index contributed by atoms with van der Waals surface area (Å²) in [6.45, 7) is 6.35. The Balaban J connectivity index is 3.58. The molecule has 0 aromatic heterocycles. The Morgan fingerprint density at radius 2 is 1.67 bits per heavy atom. The molecule has 0 bridgehead atoms. The third-order valence-electron chi connectivity index (χ3n) is 2.07. The maximum absolute atomic E-state index is 5.67. The van der Waals surface area contributed by atoms with Crippen molar-refractivity contribution in [3.05, 3.63) is 0 Å². The Morgan fingerprint density at radius 3 is 1.78 bits per heavy atom. The fourth-order valence-electron chi connectivity index (χ4n) is 0.718. The van der Waals surface area contributed by atoms with Gasteiger partial charge in [0.1, 0.15) is 0 Å². The smallest absolute Gasteiger partial charge is 0.00760 e. The van der Waals surface area contributed by atoms with Crippen molar-refractivity contribution >= 4 is 0 Å². The molecule has 0 aromatic carbocycles. The van der Waals surface area contributed by atoms with Crippen molar-refractivity contribution in [2.24, 2.45) is 11.7 Å². The van der Waals surface area contributed by atoms with Gasteiger partial charge in [-0.3, -0.25) is 0 Å². The summed E-state index contributed by atoms with van der Waals surface area (Å²) in [5.41, 5.74) is 5.67. The minimum atomic E-state index is 0.285. The Labute approximate surface area is 57.8 Å². The fourth-order valence-corrected chi connectivity index (χ4v) is 0.718. The van der Waals surface area contributed by atoms with Crippen LogP contribution in [-0.2, 0) is 0 Å². The lowest BCUT2D eigenvalue weighted by Gasteiger charge is -2.22. The summed E-state index contributed by atoms with van der Waals surface area (Å²) in [5.74, 6) is 0.551. The molecule has 0 spiro atoms. The van der Waals surface area contributed by atoms with Gasteiger partial charge in [-0.25, -0.2) is 0 Å². The molecule has 0 rings (SSSR count). The quantitative estimate of drug-likeness (QED) is 0.586. The van der Waals surface area contributed by atoms with Crippen molar-refractivity contribution in [2.45, 2.75) is 32.9 Å². The molecule has 0 amide bonds. The van der Waals surface area contributed by atoms with Gasteiger partial charge in [-0.05, 0) is 26.8 Å². The van der Waals surface area contributed by atoms with Gasteiger partial charge in [0.25, 0.3) is 0 Å². The molecule has 0 radical (unpaired) electrons. The third kappa shape index (κ3) is 2.82. The molecule has 3 atom stereocenters. The van der Waals surface area contributed by atoms with E-state index in [2.05, 4.69) is 19.2 Å². The van der Waals surface area contributed by atoms with Crippen LogP contribution in [-0.4, -0.2) is 19.1 Å². The molecule has 2 heteroatoms. The Morgan fingerprint density at radius 1 is 1.22 bits per heavy atom. The molecule has 0 aliphatic heterocycles. The lowest BCUT2D eigenvalue weighted by atomic mass is 9.97. The summed E-state index contributed by atoms with van der Waals surface area (Å²) in [7, 11) is 1.96. The fraction of sp³-hybridized carbons (Fsp3) is 1.00. The molecule has 0 unspecified atom stereocenters. The van der Waals surface area contributed by atoms with Crippen LogP contribution in [0.25, 0.3) is 0 Å². The van der Waals surface area contributed by atoms with E-state index in [4.69, 9.17) is 5.73 Å². The average Bonchev–Trinajstić information content (AvgIpc) is 1.84. The van der Waals surface area contributed by atoms with E-state index in [9.17, 15) is 0 Å². The summed E-state index contributed by atoms with van der Waals surface area (Å²) in [6, 6.07) is 0.803. The molecule has 9 heavy (non-hydrogen) atoms. The van der Waals surface area contributed by atoms with Crippen LogP contribution < -0.4 is 11.1 Å². The molecule has 56 valence electrons. The van der Waals surface area contributed by atoms with Crippen LogP contribution in [0.15, 0.2) is 0 Å². The van der Waals surface area contributed by atoms with Crippen LogP contribution in [0.3, 0.4) is 0 Å². The van der Waals surface area contributed by atoms with Crippen molar-refractivity contribution < 1.29 is 0 Å². The molecule has 0 aromatic rings. The van der Waals surface area contributed by atoms with Crippen LogP contribution in [0.5, 0.6) is 0 Å². The van der Waals surface area contributed by atoms with E-state index in [-0.39, 0.29) is 6.04 Å². The maximum Gasteiger partial charge on any atom is 0.00760 e. The Bertz CT molecular complexity index is 71.3. The summed E-state index contributed by atoms with van der Waals surface area (Å²) < 4.78 is 0. The van der Waals surface area contributed by atoms with E-state index in [0.717, 1.165) is 0 Å². The van der Waals surface area contributed by atoms with E-state index >= 15 is 0 Å². The summed E-state index contributed by atoms with van der Waals surface area (Å²) in [6.07, 6.45) is 0. The first kappa shape index (κ1) is 8.92. The van der Waals surface area contributed by atoms with E-state index in [1.807, 2.05) is 14.0 Å². The van der Waals surface area contributed by atoms with E-state index in [0.29, 0.717) is 12.0 Å². The first-order valence-corrected chi connectivity index (χ1v) is 3.52. The number of hydrogen-bond acceptors (Lipinski definition) is 2. The molecular weight excluding hydrogens is 112 g/mol. The van der Waals surface area contributed by atoms with E-state index < -0.39 is 0 Å². The highest BCUT2D eigenvalue weighted by atomic mass is 14.9. The molecule has 3 N–H and O–H groups in total. The Kier molecular flexibility index (Phi) is 3.82. The van der Waals surface area contributed by atoms with Crippen molar-refractivity contribution in [3.63, 3.8) is 0 Å². The first-order chi connectivity index (χ1) is 4.09. The normalized spacial score (nSPS) is 21.0. The second-order valence-corrected chi connectivity index (χ2v) is 2.80. The third-order valence-corrected chi connectivity index (χ3v) is 2.07. The van der Waals surface area contributed by atoms with E-state index in [1.54, 1.807) is 0 Å². The van der Waals surface area contributed by atoms with Gasteiger partial charge in [0.15, 0.2) is 0 Å². The first-order valence-electron chi connectivity index (χ1n) is 3.52. The molecule has 0 saturated carbocycles. The van der Waals surface area contributed by atoms with Gasteiger partial charge < -0.3 is 11.1 Å². The minimum absolute atomic E-state index is 0.285. The second-order valence-electron chi connectivity index (χ2n) is 2.80. The molecule has 0 aliphatic carbocycles. The highest BCUT2D eigenvalue weighted by Crippen LogP contribution is 2.04. The van der Waals surface area contributed by atoms with Crippen molar-refractivity contribution in [1.82, 2.24) is 5.32 Å². The Hall–Kier alpha value is -0.0800. The van der Waals surface area contributed by atoms with Gasteiger partial charge in [0.05, 0.1) is 0 Å². The van der Waals surface area contributed by atoms with Gasteiger partial charge in [-0.15, -0.1) is 0 Å². The zero-order chi connectivity index (χ0) is 7.44. The zero-order valence-corrected chi connectivity index (χ0v) is 6.81. The van der Waals surface area contributed by atoms with Crippen molar-refractivity contribution in [3.8, 4) is 0 Å². The van der Waals surface area contributed by atoms with Crippen LogP contribution in [0, 0.1) is 5.92 Å². The van der Waals surface area contributed by atoms with Gasteiger partial charge in [0, 0.05) is 12.1 Å². The molecule has 0 saturated heterocycles. The number of hydrogen-bond donors (Lipinski definition) is 2. The van der Waals surface area contributed by atoms with Crippen molar-refractivity contribution in [2.75, 3.05) is 7.05 Å². The van der Waals surface area contributed by atoms with Crippen LogP contribution in [0.2, 0.25) is 0 Å².